The number of ether oxygens (including phenoxy) is 1. The molecule has 7 heteroatoms. The van der Waals surface area contributed by atoms with Gasteiger partial charge in [0.1, 0.15) is 5.60 Å². The second-order valence-electron chi connectivity index (χ2n) is 15.5. The van der Waals surface area contributed by atoms with Crippen LogP contribution in [0.4, 0.5) is 0 Å². The molecule has 0 spiro atoms. The normalized spacial score (nSPS) is 14.6. The lowest BCUT2D eigenvalue weighted by Crippen LogP contribution is -2.33. The first-order valence-electron chi connectivity index (χ1n) is 19.5. The minimum Gasteiger partial charge on any atom is -0.455 e. The fourth-order valence-electron chi connectivity index (χ4n) is 8.13. The number of nitrogens with zero attached hydrogens (tertiary/aromatic N) is 2. The van der Waals surface area contributed by atoms with E-state index in [1.54, 1.807) is 6.21 Å². The Kier molecular flexibility index (Phi) is 8.38. The zero-order valence-corrected chi connectivity index (χ0v) is 32.3. The number of aliphatic imine (C=N–C) groups is 2. The summed E-state index contributed by atoms with van der Waals surface area (Å²) in [6.45, 7) is 5.62. The van der Waals surface area contributed by atoms with E-state index in [1.165, 1.54) is 0 Å². The van der Waals surface area contributed by atoms with Gasteiger partial charge in [0, 0.05) is 61.4 Å². The highest BCUT2D eigenvalue weighted by Crippen LogP contribution is 2.33. The molecule has 280 valence electrons. The Bertz CT molecular complexity index is 3150. The SMILES string of the molecule is CC(C)(C)OC(=O)C1=c2c(c3[nH]c2=C(c2ccccc2)c2ccc([nH]2)C(c2ccccc2)=c2ccc([nH]2)=C(c2ccccc2)C2=NC(=C3c3ccccc3)C=C2)C=N1. The van der Waals surface area contributed by atoms with Crippen LogP contribution in [0.2, 0.25) is 0 Å². The maximum Gasteiger partial charge on any atom is 0.358 e. The first-order valence-corrected chi connectivity index (χ1v) is 19.5. The minimum atomic E-state index is -0.723. The number of nitrogens with one attached hydrogen (secondary N) is 3. The van der Waals surface area contributed by atoms with Crippen molar-refractivity contribution in [1.82, 2.24) is 15.0 Å². The molecule has 0 radical (unpaired) electrons. The van der Waals surface area contributed by atoms with E-state index < -0.39 is 11.6 Å². The first kappa shape index (κ1) is 34.9. The fourth-order valence-corrected chi connectivity index (χ4v) is 8.13. The third-order valence-electron chi connectivity index (χ3n) is 10.5. The highest BCUT2D eigenvalue weighted by Gasteiger charge is 2.30. The van der Waals surface area contributed by atoms with Crippen LogP contribution in [0, 0.1) is 0 Å². The van der Waals surface area contributed by atoms with E-state index in [2.05, 4.69) is 124 Å². The predicted molar refractivity (Wildman–Crippen MR) is 232 cm³/mol. The quantitative estimate of drug-likeness (QED) is 0.165. The molecule has 0 amide bonds. The molecule has 0 fully saturated rings. The van der Waals surface area contributed by atoms with Crippen molar-refractivity contribution < 1.29 is 9.53 Å². The second-order valence-corrected chi connectivity index (χ2v) is 15.5. The minimum absolute atomic E-state index is 0.249. The molecule has 10 rings (SSSR count). The van der Waals surface area contributed by atoms with Crippen molar-refractivity contribution in [2.75, 3.05) is 0 Å². The summed E-state index contributed by atoms with van der Waals surface area (Å²) in [6, 6.07) is 49.9. The Morgan fingerprint density at radius 1 is 0.552 bits per heavy atom. The number of hydrogen-bond donors (Lipinski definition) is 3. The number of benzene rings is 4. The average Bonchev–Trinajstić information content (AvgIpc) is 4.09. The van der Waals surface area contributed by atoms with Crippen LogP contribution in [0.3, 0.4) is 0 Å². The highest BCUT2D eigenvalue weighted by molar-refractivity contribution is 6.30. The van der Waals surface area contributed by atoms with Gasteiger partial charge in [-0.15, -0.1) is 0 Å². The largest absolute Gasteiger partial charge is 0.455 e. The molecule has 3 aliphatic rings. The predicted octanol–water partition coefficient (Wildman–Crippen LogP) is 7.03. The number of aromatic nitrogens is 3. The van der Waals surface area contributed by atoms with Crippen molar-refractivity contribution in [3.63, 3.8) is 0 Å². The molecule has 3 aliphatic heterocycles. The lowest BCUT2D eigenvalue weighted by molar-refractivity contribution is -0.147. The van der Waals surface area contributed by atoms with Gasteiger partial charge in [-0.2, -0.15) is 0 Å². The van der Waals surface area contributed by atoms with Gasteiger partial charge < -0.3 is 19.7 Å². The standard InChI is InChI=1S/C51H39N5O2/c1-51(2,3)58-50(57)49-46-35(30-52-49)47-44(33-20-12-6-13-21-33)40-28-26-38(54-40)42(31-16-8-4-9-17-31)36-24-25-37(53-36)43(32-18-10-5-11-19-32)39-27-29-41(55-39)45(48(46)56-47)34-22-14-7-15-23-34/h4-30,53,55-56H,1-3H3. The second kappa shape index (κ2) is 13.9. The number of carbonyl (C=O) groups is 1. The summed E-state index contributed by atoms with van der Waals surface area (Å²) in [5.74, 6) is -0.487. The summed E-state index contributed by atoms with van der Waals surface area (Å²) < 4.78 is 6.01. The molecule has 7 nitrogen and oxygen atoms in total. The molecule has 0 saturated heterocycles. The summed E-state index contributed by atoms with van der Waals surface area (Å²) in [4.78, 5) is 35.9. The van der Waals surface area contributed by atoms with Gasteiger partial charge in [-0.05, 0) is 79.4 Å². The molecule has 0 saturated carbocycles. The summed E-state index contributed by atoms with van der Waals surface area (Å²) in [7, 11) is 0. The van der Waals surface area contributed by atoms with Gasteiger partial charge >= 0.3 is 5.97 Å². The Morgan fingerprint density at radius 2 is 1.07 bits per heavy atom. The fraction of sp³-hybridized carbons (Fsp3) is 0.0784. The van der Waals surface area contributed by atoms with Gasteiger partial charge in [0.15, 0.2) is 5.70 Å². The van der Waals surface area contributed by atoms with Gasteiger partial charge in [0.25, 0.3) is 0 Å². The average molecular weight is 754 g/mol. The van der Waals surface area contributed by atoms with Gasteiger partial charge in [-0.25, -0.2) is 14.8 Å². The van der Waals surface area contributed by atoms with Crippen LogP contribution in [0.25, 0.3) is 28.0 Å². The maximum atomic E-state index is 14.1. The topological polar surface area (TPSA) is 98.4 Å². The molecule has 3 N–H and O–H groups in total. The zero-order valence-electron chi connectivity index (χ0n) is 32.3. The van der Waals surface area contributed by atoms with Crippen LogP contribution in [0.15, 0.2) is 173 Å². The van der Waals surface area contributed by atoms with Crippen molar-refractivity contribution in [3.05, 3.63) is 230 Å². The van der Waals surface area contributed by atoms with Crippen molar-refractivity contribution in [3.8, 4) is 0 Å². The maximum absolute atomic E-state index is 14.1. The van der Waals surface area contributed by atoms with Crippen LogP contribution >= 0.6 is 0 Å². The molecule has 8 bridgehead atoms. The third-order valence-corrected chi connectivity index (χ3v) is 10.5. The molecule has 6 heterocycles. The van der Waals surface area contributed by atoms with Crippen molar-refractivity contribution in [2.24, 2.45) is 9.98 Å². The molecule has 3 aromatic heterocycles. The Balaban J connectivity index is 1.41. The molecule has 0 unspecified atom stereocenters. The number of fused-ring (bicyclic) bond motifs is 10. The van der Waals surface area contributed by atoms with Crippen LogP contribution in [-0.2, 0) is 9.53 Å². The third kappa shape index (κ3) is 6.14. The number of esters is 1. The van der Waals surface area contributed by atoms with E-state index in [0.717, 1.165) is 94.6 Å². The Hall–Kier alpha value is -7.51. The van der Waals surface area contributed by atoms with Crippen molar-refractivity contribution in [1.29, 1.82) is 0 Å². The monoisotopic (exact) mass is 753 g/mol. The van der Waals surface area contributed by atoms with Crippen molar-refractivity contribution >= 4 is 45.9 Å². The van der Waals surface area contributed by atoms with Crippen LogP contribution in [0.5, 0.6) is 0 Å². The van der Waals surface area contributed by atoms with Crippen LogP contribution < -0.4 is 21.3 Å². The lowest BCUT2D eigenvalue weighted by atomic mass is 9.97. The molecular formula is C51H39N5O2. The van der Waals surface area contributed by atoms with Gasteiger partial charge in [-0.1, -0.05) is 121 Å². The Labute approximate surface area is 335 Å². The number of hydrogen-bond acceptors (Lipinski definition) is 4. The van der Waals surface area contributed by atoms with E-state index in [1.807, 2.05) is 69.3 Å². The number of allylic oxidation sites excluding steroid dienone is 2. The summed E-state index contributed by atoms with van der Waals surface area (Å²) in [6.07, 6.45) is 5.96. The highest BCUT2D eigenvalue weighted by atomic mass is 16.6. The summed E-state index contributed by atoms with van der Waals surface area (Å²) >= 11 is 0. The molecule has 4 aromatic carbocycles. The van der Waals surface area contributed by atoms with E-state index in [9.17, 15) is 4.79 Å². The van der Waals surface area contributed by atoms with E-state index in [4.69, 9.17) is 14.7 Å². The van der Waals surface area contributed by atoms with Gasteiger partial charge in [0.2, 0.25) is 0 Å². The van der Waals surface area contributed by atoms with Crippen LogP contribution in [0.1, 0.15) is 65.7 Å². The molecular weight excluding hydrogens is 715 g/mol. The Morgan fingerprint density at radius 3 is 1.66 bits per heavy atom. The lowest BCUT2D eigenvalue weighted by Gasteiger charge is -2.19. The molecule has 0 atom stereocenters. The zero-order chi connectivity index (χ0) is 39.4. The van der Waals surface area contributed by atoms with Crippen LogP contribution in [-0.4, -0.2) is 38.4 Å². The smallest absolute Gasteiger partial charge is 0.358 e. The number of rotatable bonds is 5. The number of carbonyl (C=O) groups excluding carboxylic acids is 1. The first-order chi connectivity index (χ1) is 28.3. The summed E-state index contributed by atoms with van der Waals surface area (Å²) in [5, 5.41) is 3.33. The summed E-state index contributed by atoms with van der Waals surface area (Å²) in [5.41, 5.74) is 12.3. The molecule has 7 aromatic rings. The van der Waals surface area contributed by atoms with Gasteiger partial charge in [0.05, 0.1) is 22.5 Å². The van der Waals surface area contributed by atoms with Gasteiger partial charge in [-0.3, -0.25) is 0 Å². The molecule has 58 heavy (non-hydrogen) atoms. The molecule has 0 aliphatic carbocycles. The number of aromatic amines is 3. The van der Waals surface area contributed by atoms with E-state index in [0.29, 0.717) is 5.22 Å². The van der Waals surface area contributed by atoms with E-state index >= 15 is 0 Å². The van der Waals surface area contributed by atoms with Crippen molar-refractivity contribution in [2.45, 2.75) is 26.4 Å². The van der Waals surface area contributed by atoms with E-state index in [-0.39, 0.29) is 5.70 Å². The number of H-pyrrole nitrogens is 3.